The molecule has 1 aliphatic rings. The monoisotopic (exact) mass is 1100 g/mol. The van der Waals surface area contributed by atoms with E-state index in [1.165, 1.54) is 91.2 Å². The number of carbonyl (C=O) groups is 4. The summed E-state index contributed by atoms with van der Waals surface area (Å²) in [6, 6.07) is 16.1. The van der Waals surface area contributed by atoms with Crippen LogP contribution in [0.5, 0.6) is 11.8 Å². The SMILES string of the molecule is C=CCOc1cc(N(Cc2cccc(N(CC=C)C(=O)OC(C)(C)C)c2)C(=O)OCC)c([N+](=O)[O-])c(N)n1.CCOC(=O)N1Cc2cccc(c2)N(C(=O)OC(C)(C)C)C/C=C/COc2cc1c([N+](=O)[O-])c(N)n2.[K][K]. The molecule has 0 aliphatic carbocycles. The Labute approximate surface area is 486 Å². The second-order valence-electron chi connectivity index (χ2n) is 17.7. The predicted molar refractivity (Wildman–Crippen MR) is 289 cm³/mol. The van der Waals surface area contributed by atoms with Crippen molar-refractivity contribution in [2.45, 2.75) is 79.7 Å². The molecule has 5 rings (SSSR count). The van der Waals surface area contributed by atoms with Crippen LogP contribution in [-0.4, -0.2) is 158 Å². The summed E-state index contributed by atoms with van der Waals surface area (Å²) in [6.07, 6.45) is 3.59. The normalized spacial score (nSPS) is 12.5. The van der Waals surface area contributed by atoms with Gasteiger partial charge < -0.3 is 39.9 Å². The molecule has 1 aliphatic heterocycles. The summed E-state index contributed by atoms with van der Waals surface area (Å²) in [7, 11) is 0. The summed E-state index contributed by atoms with van der Waals surface area (Å²) in [5, 5.41) is 23.7. The maximum atomic E-state index is 13.0. The number of pyridine rings is 2. The van der Waals surface area contributed by atoms with Gasteiger partial charge in [0.2, 0.25) is 23.4 Å². The van der Waals surface area contributed by atoms with Crippen LogP contribution >= 0.6 is 0 Å². The zero-order valence-electron chi connectivity index (χ0n) is 44.6. The Hall–Kier alpha value is -5.69. The Kier molecular flexibility index (Phi) is 26.3. The number of benzene rings is 2. The minimum absolute atomic E-state index is 0.0122. The fourth-order valence-electron chi connectivity index (χ4n) is 6.74. The Morgan fingerprint density at radius 2 is 1.43 bits per heavy atom. The molecule has 0 spiro atoms. The summed E-state index contributed by atoms with van der Waals surface area (Å²) < 4.78 is 32.5. The fraction of sp³-hybridized carbons (Fsp3) is 0.360. The van der Waals surface area contributed by atoms with Crippen LogP contribution in [-0.2, 0) is 32.0 Å². The average molecular weight is 1110 g/mol. The van der Waals surface area contributed by atoms with Crippen LogP contribution in [0.1, 0.15) is 66.5 Å². The first kappa shape index (κ1) is 64.6. The molecule has 4 N–H and O–H groups in total. The number of rotatable bonds is 13. The molecule has 76 heavy (non-hydrogen) atoms. The second-order valence-corrected chi connectivity index (χ2v) is 17.7. The zero-order valence-corrected chi connectivity index (χ0v) is 50.8. The third-order valence-electron chi connectivity index (χ3n) is 9.67. The Morgan fingerprint density at radius 3 is 2.04 bits per heavy atom. The third kappa shape index (κ3) is 19.7. The van der Waals surface area contributed by atoms with Crippen molar-refractivity contribution in [2.24, 2.45) is 0 Å². The van der Waals surface area contributed by atoms with E-state index in [-0.39, 0.29) is 75.7 Å². The van der Waals surface area contributed by atoms with Gasteiger partial charge in [-0.25, -0.2) is 19.2 Å². The second kappa shape index (κ2) is 30.9. The van der Waals surface area contributed by atoms with Gasteiger partial charge in [0.25, 0.3) is 0 Å². The van der Waals surface area contributed by atoms with Gasteiger partial charge in [0.1, 0.15) is 35.8 Å². The number of nitrogens with zero attached hydrogens (tertiary/aromatic N) is 8. The van der Waals surface area contributed by atoms with Gasteiger partial charge in [0.05, 0.1) is 36.1 Å². The molecule has 4 aromatic rings. The minimum atomic E-state index is -0.851. The van der Waals surface area contributed by atoms with Crippen LogP contribution < -0.4 is 40.5 Å². The first-order valence-electron chi connectivity index (χ1n) is 24.0. The number of aromatic nitrogens is 2. The number of nitrogen functional groups attached to an aromatic ring is 2. The molecule has 24 nitrogen and oxygen atoms in total. The number of fused-ring (bicyclic) bond motifs is 4. The molecule has 0 atom stereocenters. The molecular formula is C50H62K2N10O14. The molecule has 3 heterocycles. The van der Waals surface area contributed by atoms with Gasteiger partial charge in [-0.05, 0) is 96.9 Å². The van der Waals surface area contributed by atoms with Crippen LogP contribution in [0, 0.1) is 20.2 Å². The number of carbonyl (C=O) groups excluding carboxylic acids is 4. The van der Waals surface area contributed by atoms with Gasteiger partial charge in [-0.2, -0.15) is 9.97 Å². The Morgan fingerprint density at radius 1 is 0.789 bits per heavy atom. The molecule has 2 aromatic heterocycles. The van der Waals surface area contributed by atoms with Crippen molar-refractivity contribution >= 4 is 133 Å². The molecule has 0 saturated carbocycles. The van der Waals surface area contributed by atoms with Gasteiger partial charge in [-0.15, -0.1) is 6.58 Å². The van der Waals surface area contributed by atoms with Crippen LogP contribution in [0.2, 0.25) is 0 Å². The number of nitro groups is 2. The van der Waals surface area contributed by atoms with Crippen molar-refractivity contribution in [3.8, 4) is 11.8 Å². The van der Waals surface area contributed by atoms with Gasteiger partial charge in [-0.1, -0.05) is 49.1 Å². The van der Waals surface area contributed by atoms with Crippen LogP contribution in [0.15, 0.2) is 98.1 Å². The van der Waals surface area contributed by atoms with E-state index in [1.54, 1.807) is 122 Å². The number of nitrogens with two attached hydrogens (primary N) is 2. The van der Waals surface area contributed by atoms with E-state index in [0.29, 0.717) is 22.5 Å². The average Bonchev–Trinajstić information content (AvgIpc) is 3.33. The summed E-state index contributed by atoms with van der Waals surface area (Å²) in [6.45, 7) is 21.3. The third-order valence-corrected chi connectivity index (χ3v) is 9.67. The number of amides is 4. The van der Waals surface area contributed by atoms with Crippen LogP contribution in [0.25, 0.3) is 0 Å². The van der Waals surface area contributed by atoms with Gasteiger partial charge in [0, 0.05) is 36.6 Å². The summed E-state index contributed by atoms with van der Waals surface area (Å²) in [5.41, 5.74) is 11.0. The summed E-state index contributed by atoms with van der Waals surface area (Å²) in [4.78, 5) is 86.9. The van der Waals surface area contributed by atoms with E-state index in [9.17, 15) is 39.4 Å². The molecule has 398 valence electrons. The van der Waals surface area contributed by atoms with Crippen molar-refractivity contribution in [2.75, 3.05) is 70.6 Å². The Balaban J connectivity index is 0.000000388. The summed E-state index contributed by atoms with van der Waals surface area (Å²) in [5.74, 6) is -0.880. The standard InChI is InChI=1S/C26H33N5O7.C24H29N5O7.2K/c1-7-13-29(25(33)38-26(4,5)6)19-12-10-11-18(15-19)17-30(24(32)36-9-3)20-16-21(37-14-8-2)28-23(27)22(20)31(34)35;1-5-34-22(30)28-15-16-9-8-10-17(13-16)27(23(31)36-24(2,3)4)11-6-7-12-35-19-14-18(28)20(29(32)33)21(25)26-19;;/h7-8,10-12,15-16H,1-2,9,13-14,17H2,3-6H3,(H2,27,28);6-10,13-14H,5,11-12,15H2,1-4H3,(H2,25,26);;/b;7-6+;;. The molecule has 0 fully saturated rings. The van der Waals surface area contributed by atoms with Crippen molar-refractivity contribution < 1.29 is 57.4 Å². The molecule has 4 bridgehead atoms. The number of hydrogen-bond acceptors (Lipinski definition) is 18. The van der Waals surface area contributed by atoms with Gasteiger partial charge in [-0.3, -0.25) is 39.8 Å². The van der Waals surface area contributed by atoms with Crippen molar-refractivity contribution in [1.29, 1.82) is 0 Å². The van der Waals surface area contributed by atoms with Crippen molar-refractivity contribution in [3.05, 3.63) is 129 Å². The molecule has 0 saturated heterocycles. The number of ether oxygens (including phenoxy) is 6. The van der Waals surface area contributed by atoms with Crippen molar-refractivity contribution in [1.82, 2.24) is 9.97 Å². The van der Waals surface area contributed by atoms with E-state index in [1.807, 2.05) is 0 Å². The van der Waals surface area contributed by atoms with E-state index < -0.39 is 68.4 Å². The molecule has 2 aromatic carbocycles. The van der Waals surface area contributed by atoms with Gasteiger partial charge in [0.15, 0.2) is 0 Å². The molecule has 4 amide bonds. The van der Waals surface area contributed by atoms with E-state index in [0.717, 1.165) is 9.80 Å². The number of anilines is 6. The summed E-state index contributed by atoms with van der Waals surface area (Å²) >= 11 is 2.50. The first-order chi connectivity index (χ1) is 35.9. The topological polar surface area (TPSA) is 301 Å². The molecule has 0 unspecified atom stereocenters. The Bertz CT molecular complexity index is 2750. The molecule has 0 radical (unpaired) electrons. The molecular weight excluding hydrogens is 1040 g/mol. The maximum absolute atomic E-state index is 13.0. The van der Waals surface area contributed by atoms with E-state index in [4.69, 9.17) is 39.9 Å². The van der Waals surface area contributed by atoms with E-state index in [2.05, 4.69) is 23.1 Å². The van der Waals surface area contributed by atoms with Gasteiger partial charge >= 0.3 is 98.9 Å². The quantitative estimate of drug-likeness (QED) is 0.0415. The van der Waals surface area contributed by atoms with E-state index >= 15 is 0 Å². The number of hydrogen-bond donors (Lipinski definition) is 2. The first-order valence-corrected chi connectivity index (χ1v) is 40.0. The fourth-order valence-corrected chi connectivity index (χ4v) is 6.74. The molecule has 26 heteroatoms. The van der Waals surface area contributed by atoms with Crippen LogP contribution in [0.4, 0.5) is 64.9 Å². The van der Waals surface area contributed by atoms with Crippen molar-refractivity contribution in [3.63, 3.8) is 0 Å². The predicted octanol–water partition coefficient (Wildman–Crippen LogP) is 8.89. The van der Waals surface area contributed by atoms with Crippen LogP contribution in [0.3, 0.4) is 0 Å². The zero-order chi connectivity index (χ0) is 56.9.